The van der Waals surface area contributed by atoms with Crippen LogP contribution in [-0.4, -0.2) is 24.5 Å². The second kappa shape index (κ2) is 11.4. The molecule has 2 unspecified atom stereocenters. The van der Waals surface area contributed by atoms with Crippen LogP contribution < -0.4 is 0 Å². The van der Waals surface area contributed by atoms with Crippen LogP contribution in [0.4, 0.5) is 0 Å². The van der Waals surface area contributed by atoms with E-state index in [1.807, 2.05) is 13.2 Å². The Labute approximate surface area is 179 Å². The average molecular weight is 398 g/mol. The highest BCUT2D eigenvalue weighted by Crippen LogP contribution is 2.32. The topological polar surface area (TPSA) is 37.6 Å². The fourth-order valence-electron chi connectivity index (χ4n) is 4.42. The second-order valence-corrected chi connectivity index (χ2v) is 9.34. The van der Waals surface area contributed by atoms with Crippen molar-refractivity contribution >= 4 is 12.4 Å². The first-order chi connectivity index (χ1) is 13.6. The lowest BCUT2D eigenvalue weighted by molar-refractivity contribution is 0.553. The zero-order valence-corrected chi connectivity index (χ0v) is 20.5. The third-order valence-electron chi connectivity index (χ3n) is 5.87. The van der Waals surface area contributed by atoms with E-state index in [2.05, 4.69) is 80.1 Å². The predicted octanol–water partition coefficient (Wildman–Crippen LogP) is 7.37. The van der Waals surface area contributed by atoms with Crippen molar-refractivity contribution in [2.45, 2.75) is 87.0 Å². The Balaban J connectivity index is 3.10. The number of hydrogen-bond donors (Lipinski definition) is 0. The molecule has 0 aromatic carbocycles. The monoisotopic (exact) mass is 397 g/mol. The summed E-state index contributed by atoms with van der Waals surface area (Å²) in [7, 11) is 1.91. The van der Waals surface area contributed by atoms with Gasteiger partial charge in [0.2, 0.25) is 0 Å². The molecule has 2 atom stereocenters. The van der Waals surface area contributed by atoms with Gasteiger partial charge in [0.1, 0.15) is 0 Å². The number of aryl methyl sites for hydroxylation is 1. The van der Waals surface area contributed by atoms with Gasteiger partial charge in [0.15, 0.2) is 0 Å². The first-order valence-corrected chi connectivity index (χ1v) is 11.2. The van der Waals surface area contributed by atoms with Gasteiger partial charge in [0.25, 0.3) is 0 Å². The van der Waals surface area contributed by atoms with Crippen LogP contribution in [-0.2, 0) is 0 Å². The van der Waals surface area contributed by atoms with Crippen molar-refractivity contribution in [2.24, 2.45) is 27.7 Å². The average Bonchev–Trinajstić information content (AvgIpc) is 2.64. The lowest BCUT2D eigenvalue weighted by Gasteiger charge is -2.25. The zero-order chi connectivity index (χ0) is 22.3. The summed E-state index contributed by atoms with van der Waals surface area (Å²) >= 11 is 0. The molecule has 0 saturated heterocycles. The lowest BCUT2D eigenvalue weighted by Crippen LogP contribution is -2.21. The predicted molar refractivity (Wildman–Crippen MR) is 129 cm³/mol. The largest absolute Gasteiger partial charge is 0.292 e. The molecule has 0 N–H and O–H groups in total. The Hall–Kier alpha value is -1.77. The molecule has 1 aromatic heterocycles. The van der Waals surface area contributed by atoms with Gasteiger partial charge in [0, 0.05) is 30.3 Å². The van der Waals surface area contributed by atoms with Crippen molar-refractivity contribution in [3.05, 3.63) is 40.4 Å². The molecule has 3 nitrogen and oxygen atoms in total. The summed E-state index contributed by atoms with van der Waals surface area (Å²) in [5.74, 6) is 2.03. The Kier molecular flexibility index (Phi) is 9.95. The van der Waals surface area contributed by atoms with Crippen molar-refractivity contribution < 1.29 is 0 Å². The van der Waals surface area contributed by atoms with Gasteiger partial charge in [-0.25, -0.2) is 0 Å². The van der Waals surface area contributed by atoms with Crippen LogP contribution in [0.3, 0.4) is 0 Å². The number of nitrogens with zero attached hydrogens (tertiary/aromatic N) is 3. The lowest BCUT2D eigenvalue weighted by atomic mass is 9.82. The van der Waals surface area contributed by atoms with Crippen LogP contribution in [0.1, 0.15) is 96.9 Å². The molecule has 0 radical (unpaired) electrons. The first kappa shape index (κ1) is 25.3. The molecule has 0 aliphatic heterocycles. The molecule has 0 spiro atoms. The molecule has 29 heavy (non-hydrogen) atoms. The Morgan fingerprint density at radius 2 is 1.62 bits per heavy atom. The summed E-state index contributed by atoms with van der Waals surface area (Å²) < 4.78 is 0. The molecule has 3 heteroatoms. The standard InChI is InChI=1S/C26H43N3/c1-16(2)22-19(7)14-15-29-26(22)21(9)13-12-20(8)25(28-11)23(17(3)4)24(27-10)18(5)6/h14-18,20-21H,10,12-13H2,1-9,11H3/b24-23-,28-25?. The fraction of sp³-hybridized carbons (Fsp3) is 0.654. The summed E-state index contributed by atoms with van der Waals surface area (Å²) in [6.07, 6.45) is 4.14. The third-order valence-corrected chi connectivity index (χ3v) is 5.87. The molecule has 1 aromatic rings. The number of rotatable bonds is 10. The van der Waals surface area contributed by atoms with Crippen LogP contribution in [0.5, 0.6) is 0 Å². The molecular weight excluding hydrogens is 354 g/mol. The highest BCUT2D eigenvalue weighted by Gasteiger charge is 2.24. The number of pyridine rings is 1. The molecular formula is C26H43N3. The van der Waals surface area contributed by atoms with Gasteiger partial charge in [-0.2, -0.15) is 0 Å². The normalized spacial score (nSPS) is 15.7. The van der Waals surface area contributed by atoms with Crippen LogP contribution in [0, 0.1) is 24.7 Å². The maximum Gasteiger partial charge on any atom is 0.0474 e. The van der Waals surface area contributed by atoms with Crippen LogP contribution in [0.2, 0.25) is 0 Å². The summed E-state index contributed by atoms with van der Waals surface area (Å²) in [4.78, 5) is 13.9. The Bertz CT molecular complexity index is 738. The van der Waals surface area contributed by atoms with Gasteiger partial charge in [-0.3, -0.25) is 15.0 Å². The third kappa shape index (κ3) is 6.35. The van der Waals surface area contributed by atoms with Crippen molar-refractivity contribution in [3.63, 3.8) is 0 Å². The molecule has 0 aliphatic rings. The minimum Gasteiger partial charge on any atom is -0.292 e. The van der Waals surface area contributed by atoms with Crippen LogP contribution in [0.15, 0.2) is 33.5 Å². The summed E-state index contributed by atoms with van der Waals surface area (Å²) in [6.45, 7) is 24.0. The van der Waals surface area contributed by atoms with Crippen LogP contribution >= 0.6 is 0 Å². The molecule has 1 rings (SSSR count). The van der Waals surface area contributed by atoms with Crippen molar-refractivity contribution in [3.8, 4) is 0 Å². The quantitative estimate of drug-likeness (QED) is 0.380. The van der Waals surface area contributed by atoms with E-state index >= 15 is 0 Å². The van der Waals surface area contributed by atoms with Crippen LogP contribution in [0.25, 0.3) is 0 Å². The van der Waals surface area contributed by atoms with E-state index < -0.39 is 0 Å². The van der Waals surface area contributed by atoms with Gasteiger partial charge in [0.05, 0.1) is 0 Å². The van der Waals surface area contributed by atoms with Crippen molar-refractivity contribution in [1.82, 2.24) is 4.98 Å². The first-order valence-electron chi connectivity index (χ1n) is 11.2. The van der Waals surface area contributed by atoms with E-state index in [9.17, 15) is 0 Å². The molecule has 0 saturated carbocycles. The maximum absolute atomic E-state index is 4.77. The SMILES string of the molecule is C=N/C(=C(\C(=NC)C(C)CCC(C)c1nccc(C)c1C(C)C)C(C)C)C(C)C. The molecule has 0 bridgehead atoms. The number of aromatic nitrogens is 1. The smallest absolute Gasteiger partial charge is 0.0474 e. The fourth-order valence-corrected chi connectivity index (χ4v) is 4.42. The molecule has 0 fully saturated rings. The summed E-state index contributed by atoms with van der Waals surface area (Å²) in [5, 5.41) is 0. The van der Waals surface area contributed by atoms with E-state index in [-0.39, 0.29) is 0 Å². The Morgan fingerprint density at radius 1 is 1.00 bits per heavy atom. The highest BCUT2D eigenvalue weighted by atomic mass is 14.8. The Morgan fingerprint density at radius 3 is 2.07 bits per heavy atom. The number of hydrogen-bond acceptors (Lipinski definition) is 3. The van der Waals surface area contributed by atoms with E-state index in [1.54, 1.807) is 0 Å². The number of allylic oxidation sites excluding steroid dienone is 2. The van der Waals surface area contributed by atoms with Crippen molar-refractivity contribution in [1.29, 1.82) is 0 Å². The van der Waals surface area contributed by atoms with Gasteiger partial charge < -0.3 is 0 Å². The molecule has 0 aliphatic carbocycles. The zero-order valence-electron chi connectivity index (χ0n) is 20.5. The number of aliphatic imine (C=N–C) groups is 2. The maximum atomic E-state index is 4.77. The van der Waals surface area contributed by atoms with Gasteiger partial charge in [-0.05, 0) is 78.8 Å². The minimum atomic E-state index is 0.345. The van der Waals surface area contributed by atoms with E-state index in [0.29, 0.717) is 29.6 Å². The van der Waals surface area contributed by atoms with Gasteiger partial charge in [-0.1, -0.05) is 55.4 Å². The van der Waals surface area contributed by atoms with E-state index in [1.165, 1.54) is 28.1 Å². The summed E-state index contributed by atoms with van der Waals surface area (Å²) in [6, 6.07) is 2.13. The van der Waals surface area contributed by atoms with Crippen molar-refractivity contribution in [2.75, 3.05) is 7.05 Å². The van der Waals surface area contributed by atoms with E-state index in [4.69, 9.17) is 9.98 Å². The molecule has 1 heterocycles. The summed E-state index contributed by atoms with van der Waals surface area (Å²) in [5.41, 5.74) is 7.57. The van der Waals surface area contributed by atoms with Gasteiger partial charge >= 0.3 is 0 Å². The van der Waals surface area contributed by atoms with Gasteiger partial charge in [-0.15, -0.1) is 0 Å². The minimum absolute atomic E-state index is 0.345. The highest BCUT2D eigenvalue weighted by molar-refractivity contribution is 6.02. The molecule has 162 valence electrons. The van der Waals surface area contributed by atoms with E-state index in [0.717, 1.165) is 18.5 Å². The second-order valence-electron chi connectivity index (χ2n) is 9.34. The molecule has 0 amide bonds.